The first-order valence-corrected chi connectivity index (χ1v) is 5.84. The van der Waals surface area contributed by atoms with Crippen molar-refractivity contribution in [3.8, 4) is 5.75 Å². The van der Waals surface area contributed by atoms with E-state index in [1.165, 1.54) is 24.3 Å². The van der Waals surface area contributed by atoms with Crippen molar-refractivity contribution in [1.29, 1.82) is 0 Å². The van der Waals surface area contributed by atoms with Gasteiger partial charge in [-0.3, -0.25) is 0 Å². The highest BCUT2D eigenvalue weighted by Gasteiger charge is 2.19. The van der Waals surface area contributed by atoms with Crippen LogP contribution in [0.5, 0.6) is 5.75 Å². The van der Waals surface area contributed by atoms with Crippen LogP contribution in [0.3, 0.4) is 0 Å². The molecule has 0 radical (unpaired) electrons. The Morgan fingerprint density at radius 2 is 1.74 bits per heavy atom. The maximum Gasteiger partial charge on any atom is 0.345 e. The summed E-state index contributed by atoms with van der Waals surface area (Å²) in [5.74, 6) is -1.10. The smallest absolute Gasteiger partial charge is 0.345 e. The summed E-state index contributed by atoms with van der Waals surface area (Å²) in [6, 6.07) is 14.5. The van der Waals surface area contributed by atoms with Gasteiger partial charge in [-0.05, 0) is 29.8 Å². The van der Waals surface area contributed by atoms with Crippen LogP contribution >= 0.6 is 0 Å². The van der Waals surface area contributed by atoms with Crippen molar-refractivity contribution in [2.45, 2.75) is 12.5 Å². The lowest BCUT2D eigenvalue weighted by Crippen LogP contribution is -2.29. The second-order valence-electron chi connectivity index (χ2n) is 4.09. The molecule has 0 aliphatic rings. The molecule has 0 aliphatic carbocycles. The van der Waals surface area contributed by atoms with Crippen molar-refractivity contribution >= 4 is 5.97 Å². The molecule has 0 spiro atoms. The van der Waals surface area contributed by atoms with Crippen LogP contribution in [-0.4, -0.2) is 17.2 Å². The van der Waals surface area contributed by atoms with Gasteiger partial charge in [-0.1, -0.05) is 30.3 Å². The van der Waals surface area contributed by atoms with E-state index >= 15 is 0 Å². The van der Waals surface area contributed by atoms with Crippen LogP contribution in [0.2, 0.25) is 0 Å². The summed E-state index contributed by atoms with van der Waals surface area (Å²) in [5, 5.41) is 9.15. The van der Waals surface area contributed by atoms with Crippen molar-refractivity contribution in [2.75, 3.05) is 0 Å². The van der Waals surface area contributed by atoms with Gasteiger partial charge in [-0.25, -0.2) is 9.18 Å². The molecule has 0 aliphatic heterocycles. The van der Waals surface area contributed by atoms with Gasteiger partial charge < -0.3 is 9.84 Å². The zero-order valence-corrected chi connectivity index (χ0v) is 10.1. The molecule has 2 aromatic carbocycles. The standard InChI is InChI=1S/C15H13FO3/c16-12-6-8-13(9-7-12)19-14(15(17)18)10-11-4-2-1-3-5-11/h1-9,14H,10H2,(H,17,18)/t14-/m0/s1. The molecule has 19 heavy (non-hydrogen) atoms. The summed E-state index contributed by atoms with van der Waals surface area (Å²) in [4.78, 5) is 11.2. The Morgan fingerprint density at radius 1 is 1.11 bits per heavy atom. The van der Waals surface area contributed by atoms with E-state index in [0.29, 0.717) is 5.75 Å². The number of rotatable bonds is 5. The lowest BCUT2D eigenvalue weighted by Gasteiger charge is -2.15. The maximum absolute atomic E-state index is 12.8. The Kier molecular flexibility index (Phi) is 4.13. The monoisotopic (exact) mass is 260 g/mol. The van der Waals surface area contributed by atoms with Crippen LogP contribution in [0.25, 0.3) is 0 Å². The van der Waals surface area contributed by atoms with Crippen molar-refractivity contribution < 1.29 is 19.0 Å². The molecule has 1 atom stereocenters. The van der Waals surface area contributed by atoms with Gasteiger partial charge in [0.05, 0.1) is 0 Å². The molecular formula is C15H13FO3. The summed E-state index contributed by atoms with van der Waals surface area (Å²) < 4.78 is 18.1. The summed E-state index contributed by atoms with van der Waals surface area (Å²) in [6.45, 7) is 0. The second-order valence-corrected chi connectivity index (χ2v) is 4.09. The molecule has 3 nitrogen and oxygen atoms in total. The van der Waals surface area contributed by atoms with Crippen molar-refractivity contribution in [2.24, 2.45) is 0 Å². The quantitative estimate of drug-likeness (QED) is 0.899. The van der Waals surface area contributed by atoms with Gasteiger partial charge in [0.25, 0.3) is 0 Å². The molecule has 1 N–H and O–H groups in total. The van der Waals surface area contributed by atoms with E-state index in [2.05, 4.69) is 0 Å². The molecule has 0 unspecified atom stereocenters. The third-order valence-corrected chi connectivity index (χ3v) is 2.63. The van der Waals surface area contributed by atoms with Crippen LogP contribution in [0, 0.1) is 5.82 Å². The highest BCUT2D eigenvalue weighted by molar-refractivity contribution is 5.73. The first-order chi connectivity index (χ1) is 9.15. The first kappa shape index (κ1) is 13.1. The number of hydrogen-bond donors (Lipinski definition) is 1. The van der Waals surface area contributed by atoms with E-state index in [0.717, 1.165) is 5.56 Å². The zero-order chi connectivity index (χ0) is 13.7. The number of halogens is 1. The molecule has 0 heterocycles. The fourth-order valence-corrected chi connectivity index (χ4v) is 1.68. The van der Waals surface area contributed by atoms with E-state index < -0.39 is 12.1 Å². The minimum atomic E-state index is -1.05. The van der Waals surface area contributed by atoms with E-state index in [1.54, 1.807) is 0 Å². The lowest BCUT2D eigenvalue weighted by molar-refractivity contribution is -0.145. The molecule has 0 saturated heterocycles. The first-order valence-electron chi connectivity index (χ1n) is 5.84. The molecule has 4 heteroatoms. The van der Waals surface area contributed by atoms with E-state index in [1.807, 2.05) is 30.3 Å². The topological polar surface area (TPSA) is 46.5 Å². The Hall–Kier alpha value is -2.36. The summed E-state index contributed by atoms with van der Waals surface area (Å²) >= 11 is 0. The largest absolute Gasteiger partial charge is 0.478 e. The fraction of sp³-hybridized carbons (Fsp3) is 0.133. The zero-order valence-electron chi connectivity index (χ0n) is 10.1. The van der Waals surface area contributed by atoms with Gasteiger partial charge in [0.2, 0.25) is 0 Å². The molecule has 0 amide bonds. The van der Waals surface area contributed by atoms with Crippen LogP contribution in [0.4, 0.5) is 4.39 Å². The minimum absolute atomic E-state index is 0.257. The fourth-order valence-electron chi connectivity index (χ4n) is 1.68. The van der Waals surface area contributed by atoms with Crippen LogP contribution in [0.15, 0.2) is 54.6 Å². The molecule has 0 bridgehead atoms. The van der Waals surface area contributed by atoms with Crippen LogP contribution in [0.1, 0.15) is 5.56 Å². The molecule has 2 aromatic rings. The third-order valence-electron chi connectivity index (χ3n) is 2.63. The maximum atomic E-state index is 12.8. The van der Waals surface area contributed by atoms with Crippen LogP contribution < -0.4 is 4.74 Å². The van der Waals surface area contributed by atoms with Gasteiger partial charge in [0.1, 0.15) is 11.6 Å². The van der Waals surface area contributed by atoms with E-state index in [9.17, 15) is 9.18 Å². The van der Waals surface area contributed by atoms with Crippen LogP contribution in [-0.2, 0) is 11.2 Å². The Balaban J connectivity index is 2.08. The number of carboxylic acids is 1. The Morgan fingerprint density at radius 3 is 2.32 bits per heavy atom. The number of ether oxygens (including phenoxy) is 1. The minimum Gasteiger partial charge on any atom is -0.478 e. The van der Waals surface area contributed by atoms with E-state index in [-0.39, 0.29) is 12.2 Å². The highest BCUT2D eigenvalue weighted by atomic mass is 19.1. The number of carboxylic acid groups (broad SMARTS) is 1. The third kappa shape index (κ3) is 3.81. The number of carbonyl (C=O) groups is 1. The van der Waals surface area contributed by atoms with Gasteiger partial charge in [0.15, 0.2) is 6.10 Å². The van der Waals surface area contributed by atoms with Gasteiger partial charge in [0, 0.05) is 6.42 Å². The molecule has 98 valence electrons. The molecule has 0 aromatic heterocycles. The molecule has 0 fully saturated rings. The average Bonchev–Trinajstić information content (AvgIpc) is 2.41. The molecule has 0 saturated carbocycles. The summed E-state index contributed by atoms with van der Waals surface area (Å²) in [5.41, 5.74) is 0.872. The summed E-state index contributed by atoms with van der Waals surface area (Å²) in [7, 11) is 0. The SMILES string of the molecule is O=C(O)[C@H](Cc1ccccc1)Oc1ccc(F)cc1. The van der Waals surface area contributed by atoms with Gasteiger partial charge in [-0.15, -0.1) is 0 Å². The van der Waals surface area contributed by atoms with Crippen molar-refractivity contribution in [1.82, 2.24) is 0 Å². The van der Waals surface area contributed by atoms with E-state index in [4.69, 9.17) is 9.84 Å². The van der Waals surface area contributed by atoms with Crippen molar-refractivity contribution in [3.05, 3.63) is 66.0 Å². The normalized spacial score (nSPS) is 11.8. The second kappa shape index (κ2) is 6.00. The Bertz CT molecular complexity index is 537. The Labute approximate surface area is 110 Å². The molecular weight excluding hydrogens is 247 g/mol. The highest BCUT2D eigenvalue weighted by Crippen LogP contribution is 2.15. The average molecular weight is 260 g/mol. The number of hydrogen-bond acceptors (Lipinski definition) is 2. The van der Waals surface area contributed by atoms with Gasteiger partial charge in [-0.2, -0.15) is 0 Å². The predicted molar refractivity (Wildman–Crippen MR) is 68.6 cm³/mol. The lowest BCUT2D eigenvalue weighted by atomic mass is 10.1. The number of aliphatic carboxylic acids is 1. The van der Waals surface area contributed by atoms with Crippen molar-refractivity contribution in [3.63, 3.8) is 0 Å². The number of benzene rings is 2. The molecule has 2 rings (SSSR count). The summed E-state index contributed by atoms with van der Waals surface area (Å²) in [6.07, 6.45) is -0.735. The predicted octanol–water partition coefficient (Wildman–Crippen LogP) is 2.90. The van der Waals surface area contributed by atoms with Gasteiger partial charge >= 0.3 is 5.97 Å².